The summed E-state index contributed by atoms with van der Waals surface area (Å²) in [5.41, 5.74) is 8.01. The highest BCUT2D eigenvalue weighted by atomic mass is 32.1. The van der Waals surface area contributed by atoms with Gasteiger partial charge in [-0.15, -0.1) is 0 Å². The number of nitrogens with one attached hydrogen (secondary N) is 10. The van der Waals surface area contributed by atoms with Gasteiger partial charge in [0.2, 0.25) is 53.2 Å². The molecule has 0 aliphatic heterocycles. The number of carboxylic acid groups (broad SMARTS) is 4. The lowest BCUT2D eigenvalue weighted by Crippen LogP contribution is -2.62. The van der Waals surface area contributed by atoms with Gasteiger partial charge in [-0.2, -0.15) is 25.3 Å². The quantitative estimate of drug-likeness (QED) is 0.0242. The molecule has 16 N–H and O–H groups in total. The van der Waals surface area contributed by atoms with Crippen molar-refractivity contribution in [3.05, 3.63) is 108 Å². The van der Waals surface area contributed by atoms with Gasteiger partial charge in [-0.1, -0.05) is 107 Å². The molecule has 4 aromatic rings. The summed E-state index contributed by atoms with van der Waals surface area (Å²) in [5, 5.41) is 61.3. The predicted molar refractivity (Wildman–Crippen MR) is 324 cm³/mol. The van der Waals surface area contributed by atoms with E-state index in [2.05, 4.69) is 78.1 Å². The zero-order valence-corrected chi connectivity index (χ0v) is 50.3. The first-order valence-corrected chi connectivity index (χ1v) is 29.1. The summed E-state index contributed by atoms with van der Waals surface area (Å²) in [6.45, 7) is 6.27. The van der Waals surface area contributed by atoms with Crippen LogP contribution in [-0.4, -0.2) is 174 Å². The van der Waals surface area contributed by atoms with Crippen LogP contribution in [0.1, 0.15) is 70.1 Å². The zero-order chi connectivity index (χ0) is 65.4. The number of thiol groups is 2. The topological polar surface area (TPSA) is 453 Å². The Morgan fingerprint density at radius 1 is 0.432 bits per heavy atom. The van der Waals surface area contributed by atoms with Crippen molar-refractivity contribution < 1.29 is 82.8 Å². The Bertz CT molecular complexity index is 3130. The molecule has 88 heavy (non-hydrogen) atoms. The van der Waals surface area contributed by atoms with E-state index in [1.54, 1.807) is 105 Å². The van der Waals surface area contributed by atoms with Crippen LogP contribution in [0.3, 0.4) is 0 Å². The van der Waals surface area contributed by atoms with Gasteiger partial charge in [0.05, 0.1) is 25.3 Å². The number of aromatic nitrogens is 1. The van der Waals surface area contributed by atoms with Gasteiger partial charge < -0.3 is 79.0 Å². The number of para-hydroxylation sites is 1. The summed E-state index contributed by atoms with van der Waals surface area (Å²) < 4.78 is 0. The van der Waals surface area contributed by atoms with Crippen LogP contribution in [0.4, 0.5) is 0 Å². The molecule has 1 aromatic heterocycles. The average Bonchev–Trinajstić information content (AvgIpc) is 3.74. The average molecular weight is 1260 g/mol. The van der Waals surface area contributed by atoms with E-state index < -0.39 is 174 Å². The first kappa shape index (κ1) is 71.5. The SMILES string of the molecule is CC(C)C[C@H](NC(=O)[C@@H](N)CC(=O)O)C(=O)N[C@@H](CS)C(=O)N[C@@H](CC(=O)O)C(=O)N[C@H](C(=O)N[C@@H](CC(=O)O)C(=O)N[C@@H](Cc1ccccc1)C(=O)N[C@@H](CS)C(=O)N[C@@H](Cc1c[nH]c2ccccc12)C(=O)N[C@@H](Cc1ccccc1)C(=O)O)C(C)C. The van der Waals surface area contributed by atoms with Crippen LogP contribution in [0, 0.1) is 11.8 Å². The second-order valence-corrected chi connectivity index (χ2v) is 22.1. The number of aliphatic carboxylic acids is 4. The highest BCUT2D eigenvalue weighted by Crippen LogP contribution is 2.20. The molecule has 4 rings (SSSR count). The van der Waals surface area contributed by atoms with E-state index in [-0.39, 0.29) is 31.6 Å². The first-order valence-electron chi connectivity index (χ1n) is 27.8. The number of H-pyrrole nitrogens is 1. The van der Waals surface area contributed by atoms with Crippen LogP contribution in [0.15, 0.2) is 91.1 Å². The summed E-state index contributed by atoms with van der Waals surface area (Å²) >= 11 is 8.42. The molecule has 0 saturated carbocycles. The van der Waals surface area contributed by atoms with Crippen molar-refractivity contribution in [2.24, 2.45) is 17.6 Å². The molecule has 0 unspecified atom stereocenters. The number of carboxylic acids is 4. The Hall–Kier alpha value is -9.03. The van der Waals surface area contributed by atoms with E-state index in [0.717, 1.165) is 0 Å². The van der Waals surface area contributed by atoms with E-state index >= 15 is 0 Å². The lowest BCUT2D eigenvalue weighted by molar-refractivity contribution is -0.143. The van der Waals surface area contributed by atoms with Crippen LogP contribution in [0.25, 0.3) is 10.9 Å². The summed E-state index contributed by atoms with van der Waals surface area (Å²) in [6.07, 6.45) is -1.87. The van der Waals surface area contributed by atoms with Crippen molar-refractivity contribution in [3.63, 3.8) is 0 Å². The van der Waals surface area contributed by atoms with Crippen LogP contribution in [0.5, 0.6) is 0 Å². The smallest absolute Gasteiger partial charge is 0.326 e. The predicted octanol–water partition coefficient (Wildman–Crippen LogP) is -1.04. The van der Waals surface area contributed by atoms with Crippen molar-refractivity contribution in [1.82, 2.24) is 52.8 Å². The van der Waals surface area contributed by atoms with Gasteiger partial charge in [0.15, 0.2) is 0 Å². The number of nitrogens with two attached hydrogens (primary N) is 1. The van der Waals surface area contributed by atoms with Crippen molar-refractivity contribution in [1.29, 1.82) is 0 Å². The van der Waals surface area contributed by atoms with Crippen molar-refractivity contribution >= 4 is 113 Å². The van der Waals surface area contributed by atoms with E-state index in [1.165, 1.54) is 13.8 Å². The van der Waals surface area contributed by atoms with Gasteiger partial charge in [0.25, 0.3) is 0 Å². The summed E-state index contributed by atoms with van der Waals surface area (Å²) in [4.78, 5) is 176. The molecule has 10 atom stereocenters. The van der Waals surface area contributed by atoms with Gasteiger partial charge in [0.1, 0.15) is 54.4 Å². The molecule has 0 saturated heterocycles. The molecule has 0 bridgehead atoms. The Morgan fingerprint density at radius 2 is 0.807 bits per heavy atom. The number of benzene rings is 3. The second-order valence-electron chi connectivity index (χ2n) is 21.4. The second kappa shape index (κ2) is 34.9. The third-order valence-corrected chi connectivity index (χ3v) is 14.2. The molecule has 30 heteroatoms. The van der Waals surface area contributed by atoms with E-state index in [4.69, 9.17) is 10.8 Å². The maximum Gasteiger partial charge on any atom is 0.326 e. The molecule has 28 nitrogen and oxygen atoms in total. The fourth-order valence-electron chi connectivity index (χ4n) is 8.94. The largest absolute Gasteiger partial charge is 0.481 e. The number of carbonyl (C=O) groups excluding carboxylic acids is 9. The highest BCUT2D eigenvalue weighted by molar-refractivity contribution is 7.80. The molecule has 476 valence electrons. The molecule has 3 aromatic carbocycles. The minimum atomic E-state index is -1.98. The van der Waals surface area contributed by atoms with Gasteiger partial charge in [-0.3, -0.25) is 57.5 Å². The normalized spacial score (nSPS) is 14.6. The third kappa shape index (κ3) is 23.0. The maximum atomic E-state index is 14.4. The number of aromatic amines is 1. The number of hydrogen-bond acceptors (Lipinski definition) is 16. The van der Waals surface area contributed by atoms with Gasteiger partial charge in [0, 0.05) is 47.9 Å². The zero-order valence-electron chi connectivity index (χ0n) is 48.5. The molecule has 0 radical (unpaired) electrons. The van der Waals surface area contributed by atoms with Crippen LogP contribution < -0.4 is 53.6 Å². The summed E-state index contributed by atoms with van der Waals surface area (Å²) in [5.74, 6) is -17.5. The number of amides is 9. The minimum absolute atomic E-state index is 0.00728. The van der Waals surface area contributed by atoms with Crippen LogP contribution >= 0.6 is 25.3 Å². The Labute approximate surface area is 516 Å². The van der Waals surface area contributed by atoms with Gasteiger partial charge in [-0.05, 0) is 41.0 Å². The molecule has 0 aliphatic carbocycles. The van der Waals surface area contributed by atoms with Crippen molar-refractivity contribution in [2.75, 3.05) is 11.5 Å². The number of fused-ring (bicyclic) bond motifs is 1. The maximum absolute atomic E-state index is 14.4. The number of carbonyl (C=O) groups is 13. The fraction of sp³-hybridized carbons (Fsp3) is 0.431. The summed E-state index contributed by atoms with van der Waals surface area (Å²) in [7, 11) is 0. The molecule has 9 amide bonds. The fourth-order valence-corrected chi connectivity index (χ4v) is 9.46. The minimum Gasteiger partial charge on any atom is -0.481 e. The van der Waals surface area contributed by atoms with Crippen molar-refractivity contribution in [3.8, 4) is 0 Å². The Kier molecular flexibility index (Phi) is 28.4. The Balaban J connectivity index is 1.55. The molecule has 0 spiro atoms. The molecule has 0 aliphatic rings. The van der Waals surface area contributed by atoms with E-state index in [0.29, 0.717) is 27.6 Å². The molecular formula is C58H75N11O17S2. The first-order chi connectivity index (χ1) is 41.6. The molecule has 1 heterocycles. The number of hydrogen-bond donors (Lipinski definition) is 17. The van der Waals surface area contributed by atoms with Crippen LogP contribution in [-0.2, 0) is 81.6 Å². The van der Waals surface area contributed by atoms with E-state index in [1.807, 2.05) is 0 Å². The van der Waals surface area contributed by atoms with Gasteiger partial charge >= 0.3 is 23.9 Å². The van der Waals surface area contributed by atoms with Crippen LogP contribution in [0.2, 0.25) is 0 Å². The van der Waals surface area contributed by atoms with E-state index in [9.17, 15) is 77.6 Å². The highest BCUT2D eigenvalue weighted by Gasteiger charge is 2.38. The number of rotatable bonds is 36. The van der Waals surface area contributed by atoms with Gasteiger partial charge in [-0.25, -0.2) is 4.79 Å². The summed E-state index contributed by atoms with van der Waals surface area (Å²) in [6, 6.07) is 7.67. The standard InChI is InChI=1S/C58H75N11O17S2/c1-29(2)19-37(61-49(76)35(59)23-45(70)71)50(77)67-44(28-88)56(83)64-41(25-47(74)75)54(81)69-48(30(3)4)57(84)65-40(24-46(72)73)53(80)62-38(20-31-13-7-5-8-14-31)51(78)68-43(27-87)55(82)63-39(22-33-26-60-36-18-12-11-17-34(33)36)52(79)66-42(58(85)86)21-32-15-9-6-10-16-32/h5-18,26,29-30,35,37-44,48,60,87-88H,19-25,27-28,59H2,1-4H3,(H,61,76)(H,62,80)(H,63,82)(H,64,83)(H,65,84)(H,66,79)(H,67,77)(H,68,78)(H,69,81)(H,70,71)(H,72,73)(H,74,75)(H,85,86)/t35-,37-,38-,39-,40-,41-,42-,43-,44-,48-/m0/s1. The van der Waals surface area contributed by atoms with Crippen molar-refractivity contribution in [2.45, 2.75) is 133 Å². The lowest BCUT2D eigenvalue weighted by atomic mass is 10.0. The lowest BCUT2D eigenvalue weighted by Gasteiger charge is -2.28. The third-order valence-electron chi connectivity index (χ3n) is 13.5. The molecule has 0 fully saturated rings. The Morgan fingerprint density at radius 3 is 1.27 bits per heavy atom. The molecular weight excluding hydrogens is 1190 g/mol. The monoisotopic (exact) mass is 1260 g/mol.